The van der Waals surface area contributed by atoms with E-state index in [1.807, 2.05) is 25.1 Å². The fraction of sp³-hybridized carbons (Fsp3) is 0.455. The van der Waals surface area contributed by atoms with E-state index in [0.29, 0.717) is 0 Å². The van der Waals surface area contributed by atoms with Crippen molar-refractivity contribution in [2.24, 2.45) is 0 Å². The molecule has 0 aromatic heterocycles. The Balaban J connectivity index is 1.56. The average molecular weight is 367 g/mol. The highest BCUT2D eigenvalue weighted by molar-refractivity contribution is 5.97. The Hall–Kier alpha value is -2.40. The van der Waals surface area contributed by atoms with E-state index in [1.54, 1.807) is 6.92 Å². The van der Waals surface area contributed by atoms with Crippen LogP contribution >= 0.6 is 0 Å². The number of hydrogen-bond donors (Lipinski definition) is 3. The van der Waals surface area contributed by atoms with Gasteiger partial charge in [0.1, 0.15) is 0 Å². The summed E-state index contributed by atoms with van der Waals surface area (Å²) in [6, 6.07) is 13.7. The number of carbonyl (C=O) groups is 2. The van der Waals surface area contributed by atoms with E-state index < -0.39 is 12.1 Å². The number of urea groups is 1. The van der Waals surface area contributed by atoms with Crippen LogP contribution in [0, 0.1) is 0 Å². The molecule has 27 heavy (non-hydrogen) atoms. The van der Waals surface area contributed by atoms with Crippen LogP contribution in [-0.4, -0.2) is 24.0 Å². The molecule has 2 aromatic rings. The van der Waals surface area contributed by atoms with Crippen molar-refractivity contribution in [2.45, 2.75) is 64.1 Å². The molecule has 3 N–H and O–H groups in total. The van der Waals surface area contributed by atoms with Gasteiger partial charge >= 0.3 is 6.03 Å². The van der Waals surface area contributed by atoms with Crippen molar-refractivity contribution in [1.82, 2.24) is 16.0 Å². The highest BCUT2D eigenvalue weighted by Crippen LogP contribution is 2.24. The molecule has 0 spiro atoms. The molecular formula is C22H29N3O2. The number of rotatable bonds is 5. The first-order chi connectivity index (χ1) is 13.0. The maximum atomic E-state index is 12.4. The van der Waals surface area contributed by atoms with Gasteiger partial charge in [-0.15, -0.1) is 0 Å². The van der Waals surface area contributed by atoms with Crippen LogP contribution < -0.4 is 16.0 Å². The third kappa shape index (κ3) is 5.07. The lowest BCUT2D eigenvalue weighted by molar-refractivity contribution is -0.121. The van der Waals surface area contributed by atoms with Crippen molar-refractivity contribution in [3.63, 3.8) is 0 Å². The number of benzene rings is 2. The van der Waals surface area contributed by atoms with Crippen LogP contribution in [0.4, 0.5) is 4.79 Å². The van der Waals surface area contributed by atoms with Crippen LogP contribution in [0.25, 0.3) is 10.8 Å². The Bertz CT molecular complexity index is 794. The largest absolute Gasteiger partial charge is 0.335 e. The van der Waals surface area contributed by atoms with E-state index >= 15 is 0 Å². The maximum Gasteiger partial charge on any atom is 0.321 e. The molecule has 0 radical (unpaired) electrons. The summed E-state index contributed by atoms with van der Waals surface area (Å²) < 4.78 is 0. The Morgan fingerprint density at radius 1 is 0.963 bits per heavy atom. The van der Waals surface area contributed by atoms with Gasteiger partial charge in [0.2, 0.25) is 5.91 Å². The first kappa shape index (κ1) is 19.4. The van der Waals surface area contributed by atoms with Gasteiger partial charge in [-0.05, 0) is 43.0 Å². The molecule has 5 heteroatoms. The Morgan fingerprint density at radius 3 is 2.44 bits per heavy atom. The Kier molecular flexibility index (Phi) is 6.45. The highest BCUT2D eigenvalue weighted by Gasteiger charge is 2.21. The highest BCUT2D eigenvalue weighted by atomic mass is 16.2. The quantitative estimate of drug-likeness (QED) is 0.747. The Labute approximate surface area is 160 Å². The van der Waals surface area contributed by atoms with Gasteiger partial charge in [-0.2, -0.15) is 0 Å². The summed E-state index contributed by atoms with van der Waals surface area (Å²) in [7, 11) is 0. The molecule has 0 bridgehead atoms. The topological polar surface area (TPSA) is 70.2 Å². The van der Waals surface area contributed by atoms with Gasteiger partial charge in [-0.25, -0.2) is 4.79 Å². The number of amides is 3. The maximum absolute atomic E-state index is 12.4. The van der Waals surface area contributed by atoms with Gasteiger partial charge < -0.3 is 5.32 Å². The summed E-state index contributed by atoms with van der Waals surface area (Å²) in [5.74, 6) is -0.310. The number of hydrogen-bond acceptors (Lipinski definition) is 3. The third-order valence-electron chi connectivity index (χ3n) is 5.36. The van der Waals surface area contributed by atoms with Crippen molar-refractivity contribution < 1.29 is 9.59 Å². The smallest absolute Gasteiger partial charge is 0.321 e. The predicted octanol–water partition coefficient (Wildman–Crippen LogP) is 4.04. The SMILES string of the molecule is C[C@@H](N[C@H](C)c1cccc2ccccc12)C(=O)NC(=O)NC1CCCCC1. The molecule has 0 saturated heterocycles. The summed E-state index contributed by atoms with van der Waals surface area (Å²) in [5, 5.41) is 11.0. The molecule has 0 unspecified atom stereocenters. The van der Waals surface area contributed by atoms with Gasteiger partial charge in [0, 0.05) is 12.1 Å². The average Bonchev–Trinajstić information content (AvgIpc) is 2.68. The van der Waals surface area contributed by atoms with E-state index in [-0.39, 0.29) is 18.0 Å². The lowest BCUT2D eigenvalue weighted by Crippen LogP contribution is -2.50. The number of nitrogens with one attached hydrogen (secondary N) is 3. The molecule has 0 heterocycles. The normalized spacial score (nSPS) is 17.3. The molecule has 5 nitrogen and oxygen atoms in total. The van der Waals surface area contributed by atoms with Crippen LogP contribution in [0.15, 0.2) is 42.5 Å². The van der Waals surface area contributed by atoms with Gasteiger partial charge in [-0.1, -0.05) is 61.7 Å². The van der Waals surface area contributed by atoms with Gasteiger partial charge in [0.05, 0.1) is 6.04 Å². The third-order valence-corrected chi connectivity index (χ3v) is 5.36. The van der Waals surface area contributed by atoms with Crippen LogP contribution in [0.5, 0.6) is 0 Å². The molecular weight excluding hydrogens is 338 g/mol. The summed E-state index contributed by atoms with van der Waals surface area (Å²) >= 11 is 0. The lowest BCUT2D eigenvalue weighted by Gasteiger charge is -2.24. The zero-order valence-corrected chi connectivity index (χ0v) is 16.1. The molecule has 3 rings (SSSR count). The van der Waals surface area contributed by atoms with Crippen molar-refractivity contribution in [3.8, 4) is 0 Å². The predicted molar refractivity (Wildman–Crippen MR) is 109 cm³/mol. The summed E-state index contributed by atoms with van der Waals surface area (Å²) in [5.41, 5.74) is 1.14. The molecule has 2 aromatic carbocycles. The number of fused-ring (bicyclic) bond motifs is 1. The summed E-state index contributed by atoms with van der Waals surface area (Å²) in [6.45, 7) is 3.82. The minimum Gasteiger partial charge on any atom is -0.335 e. The molecule has 1 fully saturated rings. The molecule has 2 atom stereocenters. The van der Waals surface area contributed by atoms with Crippen molar-refractivity contribution in [1.29, 1.82) is 0 Å². The van der Waals surface area contributed by atoms with Crippen LogP contribution in [0.1, 0.15) is 57.6 Å². The van der Waals surface area contributed by atoms with E-state index in [2.05, 4.69) is 40.2 Å². The van der Waals surface area contributed by atoms with Gasteiger partial charge in [0.25, 0.3) is 0 Å². The minimum absolute atomic E-state index is 0.0155. The second-order valence-electron chi connectivity index (χ2n) is 7.48. The van der Waals surface area contributed by atoms with Gasteiger partial charge in [0.15, 0.2) is 0 Å². The zero-order valence-electron chi connectivity index (χ0n) is 16.1. The molecule has 144 valence electrons. The van der Waals surface area contributed by atoms with E-state index in [4.69, 9.17) is 0 Å². The fourth-order valence-electron chi connectivity index (χ4n) is 3.86. The van der Waals surface area contributed by atoms with Crippen LogP contribution in [0.3, 0.4) is 0 Å². The zero-order chi connectivity index (χ0) is 19.2. The van der Waals surface area contributed by atoms with Gasteiger partial charge in [-0.3, -0.25) is 15.4 Å². The molecule has 1 aliphatic rings. The van der Waals surface area contributed by atoms with Crippen LogP contribution in [0.2, 0.25) is 0 Å². The number of imide groups is 1. The summed E-state index contributed by atoms with van der Waals surface area (Å²) in [4.78, 5) is 24.5. The number of carbonyl (C=O) groups excluding carboxylic acids is 2. The van der Waals surface area contributed by atoms with E-state index in [1.165, 1.54) is 17.2 Å². The van der Waals surface area contributed by atoms with Crippen molar-refractivity contribution in [3.05, 3.63) is 48.0 Å². The molecule has 1 saturated carbocycles. The fourth-order valence-corrected chi connectivity index (χ4v) is 3.86. The Morgan fingerprint density at radius 2 is 1.67 bits per heavy atom. The van der Waals surface area contributed by atoms with E-state index in [0.717, 1.165) is 31.2 Å². The van der Waals surface area contributed by atoms with E-state index in [9.17, 15) is 9.59 Å². The monoisotopic (exact) mass is 367 g/mol. The molecule has 0 aliphatic heterocycles. The minimum atomic E-state index is -0.476. The second-order valence-corrected chi connectivity index (χ2v) is 7.48. The molecule has 3 amide bonds. The molecule has 1 aliphatic carbocycles. The lowest BCUT2D eigenvalue weighted by atomic mass is 9.96. The van der Waals surface area contributed by atoms with Crippen molar-refractivity contribution in [2.75, 3.05) is 0 Å². The first-order valence-corrected chi connectivity index (χ1v) is 9.89. The van der Waals surface area contributed by atoms with Crippen LogP contribution in [-0.2, 0) is 4.79 Å². The first-order valence-electron chi connectivity index (χ1n) is 9.89. The second kappa shape index (κ2) is 9.00. The van der Waals surface area contributed by atoms with Crippen molar-refractivity contribution >= 4 is 22.7 Å². The summed E-state index contributed by atoms with van der Waals surface area (Å²) in [6.07, 6.45) is 5.49. The standard InChI is InChI=1S/C22H29N3O2/c1-15(19-14-8-10-17-9-6-7-13-20(17)19)23-16(2)21(26)25-22(27)24-18-11-4-3-5-12-18/h6-10,13-16,18,23H,3-5,11-12H2,1-2H3,(H2,24,25,26,27)/t15-,16-/m1/s1.